The Morgan fingerprint density at radius 1 is 1.50 bits per heavy atom. The van der Waals surface area contributed by atoms with Crippen molar-refractivity contribution >= 4 is 21.5 Å². The Morgan fingerprint density at radius 3 is 2.60 bits per heavy atom. The minimum Gasteiger partial charge on any atom is -0.383 e. The molecule has 7 nitrogen and oxygen atoms in total. The first-order valence-electron chi connectivity index (χ1n) is 6.67. The van der Waals surface area contributed by atoms with E-state index in [1.165, 1.54) is 4.68 Å². The lowest BCUT2D eigenvalue weighted by Gasteiger charge is -2.18. The number of nitrogen functional groups attached to an aromatic ring is 1. The highest BCUT2D eigenvalue weighted by atomic mass is 32.2. The maximum Gasteiger partial charge on any atom is 0.170 e. The van der Waals surface area contributed by atoms with Crippen LogP contribution in [0.25, 0.3) is 0 Å². The molecule has 1 aliphatic rings. The van der Waals surface area contributed by atoms with Crippen molar-refractivity contribution < 1.29 is 8.42 Å². The van der Waals surface area contributed by atoms with Crippen LogP contribution in [0.2, 0.25) is 0 Å². The third kappa shape index (κ3) is 2.45. The Labute approximate surface area is 118 Å². The summed E-state index contributed by atoms with van der Waals surface area (Å²) in [6.45, 7) is 5.37. The molecule has 0 aromatic carbocycles. The highest BCUT2D eigenvalue weighted by Crippen LogP contribution is 2.31. The van der Waals surface area contributed by atoms with E-state index in [2.05, 4.69) is 11.2 Å². The summed E-state index contributed by atoms with van der Waals surface area (Å²) >= 11 is 0. The quantitative estimate of drug-likeness (QED) is 0.869. The van der Waals surface area contributed by atoms with E-state index in [4.69, 9.17) is 5.73 Å². The molecular formula is C12H19N5O2S. The van der Waals surface area contributed by atoms with Crippen molar-refractivity contribution in [2.24, 2.45) is 0 Å². The molecule has 0 amide bonds. The summed E-state index contributed by atoms with van der Waals surface area (Å²) < 4.78 is 24.7. The van der Waals surface area contributed by atoms with Gasteiger partial charge in [0.2, 0.25) is 0 Å². The fraction of sp³-hybridized carbons (Fsp3) is 0.667. The van der Waals surface area contributed by atoms with Gasteiger partial charge < -0.3 is 10.6 Å². The molecule has 1 aromatic rings. The number of aromatic nitrogens is 2. The normalized spacial score (nSPS) is 20.8. The van der Waals surface area contributed by atoms with Crippen LogP contribution in [-0.2, 0) is 9.84 Å². The number of hydrogen-bond acceptors (Lipinski definition) is 6. The van der Waals surface area contributed by atoms with E-state index in [0.717, 1.165) is 0 Å². The first-order valence-corrected chi connectivity index (χ1v) is 8.49. The van der Waals surface area contributed by atoms with E-state index < -0.39 is 9.84 Å². The molecule has 0 bridgehead atoms. The summed E-state index contributed by atoms with van der Waals surface area (Å²) in [5.74, 6) is 0.997. The zero-order chi connectivity index (χ0) is 14.9. The van der Waals surface area contributed by atoms with E-state index in [1.54, 1.807) is 0 Å². The highest BCUT2D eigenvalue weighted by Gasteiger charge is 2.32. The maximum absolute atomic E-state index is 11.6. The van der Waals surface area contributed by atoms with E-state index in [1.807, 2.05) is 18.7 Å². The van der Waals surface area contributed by atoms with Crippen LogP contribution in [-0.4, -0.2) is 42.8 Å². The van der Waals surface area contributed by atoms with Gasteiger partial charge in [-0.25, -0.2) is 13.1 Å². The van der Waals surface area contributed by atoms with Gasteiger partial charge in [0.1, 0.15) is 17.5 Å². The first-order chi connectivity index (χ1) is 9.43. The fourth-order valence-corrected chi connectivity index (χ4v) is 4.23. The number of nitrogens with zero attached hydrogens (tertiary/aromatic N) is 4. The summed E-state index contributed by atoms with van der Waals surface area (Å²) in [5, 5.41) is 13.7. The van der Waals surface area contributed by atoms with Crippen molar-refractivity contribution in [1.82, 2.24) is 9.78 Å². The summed E-state index contributed by atoms with van der Waals surface area (Å²) in [7, 11) is -3.01. The number of rotatable bonds is 4. The zero-order valence-corrected chi connectivity index (χ0v) is 12.5. The van der Waals surface area contributed by atoms with Crippen LogP contribution >= 0.6 is 0 Å². The number of nitrogens with two attached hydrogens (primary N) is 1. The second kappa shape index (κ2) is 5.32. The molecule has 2 rings (SSSR count). The molecule has 1 atom stereocenters. The van der Waals surface area contributed by atoms with E-state index in [0.29, 0.717) is 30.9 Å². The summed E-state index contributed by atoms with van der Waals surface area (Å²) in [5.41, 5.74) is 6.32. The number of nitriles is 1. The molecule has 2 heterocycles. The monoisotopic (exact) mass is 297 g/mol. The van der Waals surface area contributed by atoms with Crippen LogP contribution in [0.3, 0.4) is 0 Å². The smallest absolute Gasteiger partial charge is 0.170 e. The molecule has 1 fully saturated rings. The molecule has 1 unspecified atom stereocenters. The van der Waals surface area contributed by atoms with Crippen molar-refractivity contribution in [1.29, 1.82) is 5.26 Å². The van der Waals surface area contributed by atoms with Crippen LogP contribution in [0.4, 0.5) is 11.6 Å². The fourth-order valence-electron chi connectivity index (χ4n) is 2.53. The Morgan fingerprint density at radius 2 is 2.15 bits per heavy atom. The van der Waals surface area contributed by atoms with Crippen molar-refractivity contribution in [3.05, 3.63) is 5.56 Å². The van der Waals surface area contributed by atoms with Gasteiger partial charge in [0.25, 0.3) is 0 Å². The Hall–Kier alpha value is -1.75. The average Bonchev–Trinajstić information content (AvgIpc) is 2.91. The van der Waals surface area contributed by atoms with Gasteiger partial charge in [-0.15, -0.1) is 0 Å². The molecule has 1 aromatic heterocycles. The topological polar surface area (TPSA) is 105 Å². The van der Waals surface area contributed by atoms with Gasteiger partial charge in [-0.3, -0.25) is 0 Å². The maximum atomic E-state index is 11.6. The number of anilines is 2. The van der Waals surface area contributed by atoms with Crippen molar-refractivity contribution in [3.63, 3.8) is 0 Å². The molecule has 1 saturated heterocycles. The molecule has 8 heteroatoms. The molecule has 1 aliphatic heterocycles. The SMILES string of the molecule is CCN(CC)c1nn(C2CCS(=O)(=O)C2)c(N)c1C#N. The standard InChI is InChI=1S/C12H19N5O2S/c1-3-16(4-2)12-10(7-13)11(14)17(15-12)9-5-6-20(18,19)8-9/h9H,3-6,8,14H2,1-2H3. The van der Waals surface area contributed by atoms with Crippen molar-refractivity contribution in [3.8, 4) is 6.07 Å². The molecule has 0 spiro atoms. The highest BCUT2D eigenvalue weighted by molar-refractivity contribution is 7.91. The van der Waals surface area contributed by atoms with Gasteiger partial charge in [-0.05, 0) is 20.3 Å². The van der Waals surface area contributed by atoms with Crippen LogP contribution in [0.15, 0.2) is 0 Å². The molecule has 110 valence electrons. The molecular weight excluding hydrogens is 278 g/mol. The molecule has 0 aliphatic carbocycles. The van der Waals surface area contributed by atoms with Crippen LogP contribution in [0.1, 0.15) is 31.9 Å². The summed E-state index contributed by atoms with van der Waals surface area (Å²) in [6, 6.07) is 1.81. The van der Waals surface area contributed by atoms with E-state index >= 15 is 0 Å². The van der Waals surface area contributed by atoms with Crippen LogP contribution < -0.4 is 10.6 Å². The largest absolute Gasteiger partial charge is 0.383 e. The van der Waals surface area contributed by atoms with Crippen molar-refractivity contribution in [2.75, 3.05) is 35.2 Å². The number of sulfone groups is 1. The summed E-state index contributed by atoms with van der Waals surface area (Å²) in [6.07, 6.45) is 0.497. The van der Waals surface area contributed by atoms with Crippen LogP contribution in [0, 0.1) is 11.3 Å². The number of hydrogen-bond donors (Lipinski definition) is 1. The van der Waals surface area contributed by atoms with Gasteiger partial charge in [0.05, 0.1) is 17.5 Å². The predicted octanol–water partition coefficient (Wildman–Crippen LogP) is 0.543. The van der Waals surface area contributed by atoms with Crippen LogP contribution in [0.5, 0.6) is 0 Å². The van der Waals surface area contributed by atoms with Crippen molar-refractivity contribution in [2.45, 2.75) is 26.3 Å². The molecule has 0 radical (unpaired) electrons. The second-order valence-corrected chi connectivity index (χ2v) is 7.10. The third-order valence-corrected chi connectivity index (χ3v) is 5.41. The lowest BCUT2D eigenvalue weighted by molar-refractivity contribution is 0.506. The van der Waals surface area contributed by atoms with Gasteiger partial charge in [0, 0.05) is 13.1 Å². The van der Waals surface area contributed by atoms with Gasteiger partial charge in [-0.1, -0.05) is 0 Å². The molecule has 0 saturated carbocycles. The molecule has 2 N–H and O–H groups in total. The first kappa shape index (κ1) is 14.7. The third-order valence-electron chi connectivity index (χ3n) is 3.66. The van der Waals surface area contributed by atoms with Gasteiger partial charge >= 0.3 is 0 Å². The average molecular weight is 297 g/mol. The second-order valence-electron chi connectivity index (χ2n) is 4.87. The molecule has 20 heavy (non-hydrogen) atoms. The Bertz CT molecular complexity index is 640. The lowest BCUT2D eigenvalue weighted by atomic mass is 10.2. The van der Waals surface area contributed by atoms with E-state index in [-0.39, 0.29) is 23.4 Å². The van der Waals surface area contributed by atoms with E-state index in [9.17, 15) is 13.7 Å². The Balaban J connectivity index is 2.44. The Kier molecular flexibility index (Phi) is 3.90. The van der Waals surface area contributed by atoms with Gasteiger partial charge in [-0.2, -0.15) is 10.4 Å². The predicted molar refractivity (Wildman–Crippen MR) is 77.2 cm³/mol. The van der Waals surface area contributed by atoms with Gasteiger partial charge in [0.15, 0.2) is 15.7 Å². The summed E-state index contributed by atoms with van der Waals surface area (Å²) in [4.78, 5) is 1.94. The minimum absolute atomic E-state index is 0.0431. The zero-order valence-electron chi connectivity index (χ0n) is 11.7. The minimum atomic E-state index is -3.01. The lowest BCUT2D eigenvalue weighted by Crippen LogP contribution is -2.23.